The molecule has 1 aromatic heterocycles. The van der Waals surface area contributed by atoms with E-state index in [-0.39, 0.29) is 0 Å². The van der Waals surface area contributed by atoms with E-state index in [9.17, 15) is 0 Å². The molecule has 1 N–H and O–H groups in total. The van der Waals surface area contributed by atoms with Crippen LogP contribution in [0.5, 0.6) is 11.5 Å². The van der Waals surface area contributed by atoms with Gasteiger partial charge in [-0.2, -0.15) is 0 Å². The Morgan fingerprint density at radius 1 is 1.05 bits per heavy atom. The Morgan fingerprint density at radius 2 is 1.75 bits per heavy atom. The molecule has 0 bridgehead atoms. The number of benzene rings is 1. The van der Waals surface area contributed by atoms with Crippen LogP contribution in [0.1, 0.15) is 13.3 Å². The SMILES string of the molecule is CCCNc1ccnc(-c2cc(OC)cc(OC)c2)c1. The summed E-state index contributed by atoms with van der Waals surface area (Å²) in [5.74, 6) is 1.51. The number of nitrogens with one attached hydrogen (secondary N) is 1. The second-order valence-corrected chi connectivity index (χ2v) is 4.46. The highest BCUT2D eigenvalue weighted by atomic mass is 16.5. The van der Waals surface area contributed by atoms with Crippen molar-refractivity contribution in [3.05, 3.63) is 36.5 Å². The molecule has 106 valence electrons. The van der Waals surface area contributed by atoms with Crippen molar-refractivity contribution >= 4 is 5.69 Å². The maximum atomic E-state index is 5.29. The van der Waals surface area contributed by atoms with Crippen LogP contribution < -0.4 is 14.8 Å². The zero-order chi connectivity index (χ0) is 14.4. The Morgan fingerprint density at radius 3 is 2.35 bits per heavy atom. The largest absolute Gasteiger partial charge is 0.497 e. The van der Waals surface area contributed by atoms with E-state index in [1.165, 1.54) is 0 Å². The topological polar surface area (TPSA) is 43.4 Å². The molecule has 0 atom stereocenters. The predicted molar refractivity (Wildman–Crippen MR) is 81.6 cm³/mol. The fourth-order valence-electron chi connectivity index (χ4n) is 1.92. The van der Waals surface area contributed by atoms with Gasteiger partial charge in [-0.1, -0.05) is 6.92 Å². The molecule has 2 aromatic rings. The number of anilines is 1. The van der Waals surface area contributed by atoms with Gasteiger partial charge in [0.2, 0.25) is 0 Å². The van der Waals surface area contributed by atoms with E-state index >= 15 is 0 Å². The van der Waals surface area contributed by atoms with Gasteiger partial charge in [-0.15, -0.1) is 0 Å². The van der Waals surface area contributed by atoms with E-state index in [2.05, 4.69) is 17.2 Å². The lowest BCUT2D eigenvalue weighted by atomic mass is 10.1. The second-order valence-electron chi connectivity index (χ2n) is 4.46. The minimum absolute atomic E-state index is 0.757. The Kier molecular flexibility index (Phi) is 4.82. The Balaban J connectivity index is 2.34. The third kappa shape index (κ3) is 3.41. The molecule has 20 heavy (non-hydrogen) atoms. The molecule has 0 spiro atoms. The van der Waals surface area contributed by atoms with E-state index < -0.39 is 0 Å². The summed E-state index contributed by atoms with van der Waals surface area (Å²) in [6.45, 7) is 3.09. The number of hydrogen-bond donors (Lipinski definition) is 1. The lowest BCUT2D eigenvalue weighted by Crippen LogP contribution is -2.00. The molecule has 4 nitrogen and oxygen atoms in total. The van der Waals surface area contributed by atoms with Crippen molar-refractivity contribution in [2.24, 2.45) is 0 Å². The summed E-state index contributed by atoms with van der Waals surface area (Å²) in [6, 6.07) is 9.76. The maximum absolute atomic E-state index is 5.29. The van der Waals surface area contributed by atoms with Crippen LogP contribution in [-0.4, -0.2) is 25.7 Å². The fourth-order valence-corrected chi connectivity index (χ4v) is 1.92. The first-order chi connectivity index (χ1) is 9.76. The third-order valence-corrected chi connectivity index (χ3v) is 2.99. The van der Waals surface area contributed by atoms with Crippen molar-refractivity contribution < 1.29 is 9.47 Å². The molecule has 0 radical (unpaired) electrons. The monoisotopic (exact) mass is 272 g/mol. The molecule has 1 heterocycles. The molecule has 1 aromatic carbocycles. The number of nitrogens with zero attached hydrogens (tertiary/aromatic N) is 1. The van der Waals surface area contributed by atoms with Crippen LogP contribution >= 0.6 is 0 Å². The predicted octanol–water partition coefficient (Wildman–Crippen LogP) is 3.59. The van der Waals surface area contributed by atoms with E-state index in [1.54, 1.807) is 20.4 Å². The molecule has 2 rings (SSSR count). The van der Waals surface area contributed by atoms with Crippen molar-refractivity contribution in [1.29, 1.82) is 0 Å². The van der Waals surface area contributed by atoms with E-state index in [0.29, 0.717) is 0 Å². The number of pyridine rings is 1. The average molecular weight is 272 g/mol. The molecule has 4 heteroatoms. The molecule has 0 saturated heterocycles. The lowest BCUT2D eigenvalue weighted by Gasteiger charge is -2.10. The molecular weight excluding hydrogens is 252 g/mol. The van der Waals surface area contributed by atoms with Crippen molar-refractivity contribution in [2.75, 3.05) is 26.1 Å². The zero-order valence-corrected chi connectivity index (χ0v) is 12.1. The second kappa shape index (κ2) is 6.80. The standard InChI is InChI=1S/C16H20N2O2/c1-4-6-17-13-5-7-18-16(10-13)12-8-14(19-2)11-15(9-12)20-3/h5,7-11H,4,6H2,1-3H3,(H,17,18). The van der Waals surface area contributed by atoms with E-state index in [1.807, 2.05) is 30.3 Å². The first kappa shape index (κ1) is 14.2. The minimum Gasteiger partial charge on any atom is -0.497 e. The Bertz CT molecular complexity index is 548. The number of aromatic nitrogens is 1. The molecule has 0 fully saturated rings. The maximum Gasteiger partial charge on any atom is 0.123 e. The number of hydrogen-bond acceptors (Lipinski definition) is 4. The highest BCUT2D eigenvalue weighted by Crippen LogP contribution is 2.29. The smallest absolute Gasteiger partial charge is 0.123 e. The van der Waals surface area contributed by atoms with Gasteiger partial charge in [0.05, 0.1) is 19.9 Å². The molecule has 0 aliphatic rings. The van der Waals surface area contributed by atoms with Crippen LogP contribution in [0.3, 0.4) is 0 Å². The quantitative estimate of drug-likeness (QED) is 0.872. The van der Waals surface area contributed by atoms with Crippen molar-refractivity contribution in [3.8, 4) is 22.8 Å². The zero-order valence-electron chi connectivity index (χ0n) is 12.1. The van der Waals surface area contributed by atoms with Crippen LogP contribution in [0.4, 0.5) is 5.69 Å². The Labute approximate surface area is 119 Å². The van der Waals surface area contributed by atoms with Crippen LogP contribution in [0.15, 0.2) is 36.5 Å². The summed E-state index contributed by atoms with van der Waals surface area (Å²) in [5.41, 5.74) is 2.93. The summed E-state index contributed by atoms with van der Waals surface area (Å²) in [5, 5.41) is 3.36. The molecule has 0 aliphatic heterocycles. The summed E-state index contributed by atoms with van der Waals surface area (Å²) in [4.78, 5) is 4.42. The van der Waals surface area contributed by atoms with Gasteiger partial charge in [0.25, 0.3) is 0 Å². The average Bonchev–Trinajstić information content (AvgIpc) is 2.52. The van der Waals surface area contributed by atoms with Gasteiger partial charge in [0.15, 0.2) is 0 Å². The molecule has 0 amide bonds. The van der Waals surface area contributed by atoms with E-state index in [4.69, 9.17) is 9.47 Å². The summed E-state index contributed by atoms with van der Waals surface area (Å²) < 4.78 is 10.6. The summed E-state index contributed by atoms with van der Waals surface area (Å²) in [6.07, 6.45) is 2.89. The fraction of sp³-hybridized carbons (Fsp3) is 0.312. The first-order valence-corrected chi connectivity index (χ1v) is 6.70. The summed E-state index contributed by atoms with van der Waals surface area (Å²) in [7, 11) is 3.29. The molecular formula is C16H20N2O2. The van der Waals surface area contributed by atoms with Crippen molar-refractivity contribution in [1.82, 2.24) is 4.98 Å². The lowest BCUT2D eigenvalue weighted by molar-refractivity contribution is 0.394. The molecule has 0 aliphatic carbocycles. The highest BCUT2D eigenvalue weighted by Gasteiger charge is 2.06. The van der Waals surface area contributed by atoms with Crippen LogP contribution in [-0.2, 0) is 0 Å². The van der Waals surface area contributed by atoms with Crippen LogP contribution in [0.2, 0.25) is 0 Å². The van der Waals surface area contributed by atoms with Gasteiger partial charge >= 0.3 is 0 Å². The summed E-state index contributed by atoms with van der Waals surface area (Å²) >= 11 is 0. The van der Waals surface area contributed by atoms with Crippen LogP contribution in [0.25, 0.3) is 11.3 Å². The first-order valence-electron chi connectivity index (χ1n) is 6.70. The van der Waals surface area contributed by atoms with Gasteiger partial charge < -0.3 is 14.8 Å². The highest BCUT2D eigenvalue weighted by molar-refractivity contribution is 5.67. The van der Waals surface area contributed by atoms with Gasteiger partial charge in [-0.05, 0) is 30.7 Å². The van der Waals surface area contributed by atoms with Gasteiger partial charge in [0, 0.05) is 30.1 Å². The molecule has 0 saturated carbocycles. The number of rotatable bonds is 6. The third-order valence-electron chi connectivity index (χ3n) is 2.99. The van der Waals surface area contributed by atoms with Crippen molar-refractivity contribution in [3.63, 3.8) is 0 Å². The van der Waals surface area contributed by atoms with Gasteiger partial charge in [-0.3, -0.25) is 4.98 Å². The van der Waals surface area contributed by atoms with Gasteiger partial charge in [-0.25, -0.2) is 0 Å². The molecule has 0 unspecified atom stereocenters. The number of ether oxygens (including phenoxy) is 2. The van der Waals surface area contributed by atoms with Crippen LogP contribution in [0, 0.1) is 0 Å². The normalized spacial score (nSPS) is 10.2. The Hall–Kier alpha value is -2.23. The number of methoxy groups -OCH3 is 2. The van der Waals surface area contributed by atoms with Gasteiger partial charge in [0.1, 0.15) is 11.5 Å². The van der Waals surface area contributed by atoms with Crippen molar-refractivity contribution in [2.45, 2.75) is 13.3 Å². The minimum atomic E-state index is 0.757. The van der Waals surface area contributed by atoms with E-state index in [0.717, 1.165) is 41.4 Å².